The van der Waals surface area contributed by atoms with E-state index in [1.165, 1.54) is 45.4 Å². The van der Waals surface area contributed by atoms with Crippen molar-refractivity contribution in [3.8, 4) is 5.75 Å². The van der Waals surface area contributed by atoms with Crippen LogP contribution >= 0.6 is 0 Å². The molecule has 0 spiro atoms. The fourth-order valence-corrected chi connectivity index (χ4v) is 2.17. The fourth-order valence-electron chi connectivity index (χ4n) is 2.17. The van der Waals surface area contributed by atoms with E-state index in [0.29, 0.717) is 5.75 Å². The van der Waals surface area contributed by atoms with Gasteiger partial charge in [0, 0.05) is 6.92 Å². The quantitative estimate of drug-likeness (QED) is 0.286. The summed E-state index contributed by atoms with van der Waals surface area (Å²) in [6.07, 6.45) is 9.97. The number of carbonyl (C=O) groups is 1. The van der Waals surface area contributed by atoms with E-state index in [9.17, 15) is 4.79 Å². The summed E-state index contributed by atoms with van der Waals surface area (Å²) in [6, 6.07) is 7.72. The summed E-state index contributed by atoms with van der Waals surface area (Å²) in [5.74, 6) is 0.212. The first-order chi connectivity index (χ1) is 9.74. The van der Waals surface area contributed by atoms with Crippen molar-refractivity contribution < 1.29 is 67.4 Å². The van der Waals surface area contributed by atoms with Crippen LogP contribution in [0.15, 0.2) is 24.3 Å². The van der Waals surface area contributed by atoms with Crippen molar-refractivity contribution in [1.82, 2.24) is 0 Å². The van der Waals surface area contributed by atoms with Crippen LogP contribution in [0, 0.1) is 0 Å². The van der Waals surface area contributed by atoms with E-state index in [4.69, 9.17) is 4.89 Å². The van der Waals surface area contributed by atoms with Gasteiger partial charge in [-0.2, -0.15) is 0 Å². The van der Waals surface area contributed by atoms with E-state index in [-0.39, 0.29) is 52.8 Å². The van der Waals surface area contributed by atoms with E-state index in [0.717, 1.165) is 18.4 Å². The van der Waals surface area contributed by atoms with Gasteiger partial charge in [0.25, 0.3) is 0 Å². The maximum absolute atomic E-state index is 10.8. The molecule has 3 nitrogen and oxygen atoms in total. The van der Waals surface area contributed by atoms with Crippen LogP contribution in [-0.4, -0.2) is 5.97 Å². The molecule has 0 heterocycles. The molecular formula is C17H27KO3. The Kier molecular flexibility index (Phi) is 13.8. The van der Waals surface area contributed by atoms with Crippen LogP contribution < -0.4 is 56.3 Å². The first kappa shape index (κ1) is 21.1. The van der Waals surface area contributed by atoms with Crippen LogP contribution in [0.2, 0.25) is 0 Å². The zero-order chi connectivity index (χ0) is 14.6. The number of unbranched alkanes of at least 4 members (excludes halogenated alkanes) is 6. The van der Waals surface area contributed by atoms with Crippen LogP contribution in [0.5, 0.6) is 5.75 Å². The Morgan fingerprint density at radius 3 is 2.33 bits per heavy atom. The van der Waals surface area contributed by atoms with Gasteiger partial charge >= 0.3 is 57.4 Å². The number of benzene rings is 1. The molecule has 0 fully saturated rings. The van der Waals surface area contributed by atoms with E-state index >= 15 is 0 Å². The SMILES string of the molecule is CCCCCCCCCc1ccccc1OOC(C)=O.[H-].[K+]. The van der Waals surface area contributed by atoms with Gasteiger partial charge in [0.15, 0.2) is 5.75 Å². The van der Waals surface area contributed by atoms with Gasteiger partial charge in [0.2, 0.25) is 0 Å². The van der Waals surface area contributed by atoms with Crippen LogP contribution in [0.4, 0.5) is 0 Å². The fraction of sp³-hybridized carbons (Fsp3) is 0.588. The van der Waals surface area contributed by atoms with Gasteiger partial charge in [-0.1, -0.05) is 63.6 Å². The second kappa shape index (κ2) is 13.8. The standard InChI is InChI=1S/C17H26O3.K.H/c1-3-4-5-6-7-8-9-12-16-13-10-11-14-17(16)20-19-15(2)18;;/h10-11,13-14H,3-9,12H2,1-2H3;;/q;+1;-1. The van der Waals surface area contributed by atoms with E-state index in [1.54, 1.807) is 0 Å². The molecule has 0 saturated carbocycles. The summed E-state index contributed by atoms with van der Waals surface area (Å²) in [5, 5.41) is 0. The Labute approximate surface area is 172 Å². The zero-order valence-corrected chi connectivity index (χ0v) is 16.8. The Bertz CT molecular complexity index is 399. The van der Waals surface area contributed by atoms with Crippen molar-refractivity contribution in [2.45, 2.75) is 65.2 Å². The third-order valence-electron chi connectivity index (χ3n) is 3.27. The van der Waals surface area contributed by atoms with Gasteiger partial charge in [-0.3, -0.25) is 9.78 Å². The van der Waals surface area contributed by atoms with Crippen molar-refractivity contribution in [2.75, 3.05) is 0 Å². The van der Waals surface area contributed by atoms with Gasteiger partial charge < -0.3 is 1.43 Å². The van der Waals surface area contributed by atoms with E-state index < -0.39 is 5.97 Å². The molecule has 0 aromatic heterocycles. The van der Waals surface area contributed by atoms with Crippen molar-refractivity contribution in [2.24, 2.45) is 0 Å². The number of rotatable bonds is 10. The van der Waals surface area contributed by atoms with Crippen molar-refractivity contribution >= 4 is 5.97 Å². The Morgan fingerprint density at radius 1 is 1.05 bits per heavy atom. The Morgan fingerprint density at radius 2 is 1.67 bits per heavy atom. The largest absolute Gasteiger partial charge is 1.00 e. The van der Waals surface area contributed by atoms with Crippen molar-refractivity contribution in [3.63, 3.8) is 0 Å². The normalized spacial score (nSPS) is 9.81. The summed E-state index contributed by atoms with van der Waals surface area (Å²) in [5.41, 5.74) is 1.10. The molecular weight excluding hydrogens is 291 g/mol. The molecule has 21 heavy (non-hydrogen) atoms. The summed E-state index contributed by atoms with van der Waals surface area (Å²) in [7, 11) is 0. The molecule has 0 aliphatic rings. The zero-order valence-electron chi connectivity index (χ0n) is 14.7. The summed E-state index contributed by atoms with van der Waals surface area (Å²) < 4.78 is 0. The first-order valence-corrected chi connectivity index (χ1v) is 7.67. The molecule has 0 aliphatic heterocycles. The maximum atomic E-state index is 10.8. The number of aryl methyl sites for hydroxylation is 1. The molecule has 0 bridgehead atoms. The van der Waals surface area contributed by atoms with Crippen LogP contribution in [-0.2, 0) is 16.1 Å². The number of hydrogen-bond acceptors (Lipinski definition) is 3. The van der Waals surface area contributed by atoms with E-state index in [2.05, 4.69) is 11.8 Å². The topological polar surface area (TPSA) is 35.5 Å². The molecule has 0 radical (unpaired) electrons. The van der Waals surface area contributed by atoms with E-state index in [1.807, 2.05) is 24.3 Å². The number of carbonyl (C=O) groups excluding carboxylic acids is 1. The second-order valence-electron chi connectivity index (χ2n) is 5.14. The third kappa shape index (κ3) is 10.5. The molecule has 0 unspecified atom stereocenters. The van der Waals surface area contributed by atoms with Gasteiger partial charge in [-0.15, -0.1) is 0 Å². The van der Waals surface area contributed by atoms with Crippen LogP contribution in [0.3, 0.4) is 0 Å². The Balaban J connectivity index is 0. The second-order valence-corrected chi connectivity index (χ2v) is 5.14. The molecule has 114 valence electrons. The summed E-state index contributed by atoms with van der Waals surface area (Å²) in [4.78, 5) is 20.4. The van der Waals surface area contributed by atoms with Crippen LogP contribution in [0.25, 0.3) is 0 Å². The average molecular weight is 318 g/mol. The Hall–Kier alpha value is 0.126. The molecule has 1 aromatic rings. The minimum Gasteiger partial charge on any atom is -1.00 e. The molecule has 4 heteroatoms. The van der Waals surface area contributed by atoms with Crippen molar-refractivity contribution in [3.05, 3.63) is 29.8 Å². The first-order valence-electron chi connectivity index (χ1n) is 7.67. The molecule has 0 atom stereocenters. The molecule has 0 aliphatic carbocycles. The summed E-state index contributed by atoms with van der Waals surface area (Å²) >= 11 is 0. The van der Waals surface area contributed by atoms with Crippen molar-refractivity contribution in [1.29, 1.82) is 0 Å². The average Bonchev–Trinajstić information content (AvgIpc) is 2.45. The third-order valence-corrected chi connectivity index (χ3v) is 3.27. The van der Waals surface area contributed by atoms with Gasteiger partial charge in [-0.25, -0.2) is 4.79 Å². The predicted molar refractivity (Wildman–Crippen MR) is 81.6 cm³/mol. The summed E-state index contributed by atoms with van der Waals surface area (Å²) in [6.45, 7) is 3.57. The maximum Gasteiger partial charge on any atom is 1.00 e. The monoisotopic (exact) mass is 318 g/mol. The molecule has 1 rings (SSSR count). The molecule has 1 aromatic carbocycles. The van der Waals surface area contributed by atoms with Gasteiger partial charge in [-0.05, 0) is 24.5 Å². The minimum atomic E-state index is -0.435. The minimum absolute atomic E-state index is 0. The smallest absolute Gasteiger partial charge is 1.00 e. The molecule has 0 saturated heterocycles. The van der Waals surface area contributed by atoms with Gasteiger partial charge in [0.05, 0.1) is 0 Å². The van der Waals surface area contributed by atoms with Gasteiger partial charge in [0.1, 0.15) is 0 Å². The number of para-hydroxylation sites is 1. The van der Waals surface area contributed by atoms with Crippen LogP contribution in [0.1, 0.15) is 65.8 Å². The predicted octanol–water partition coefficient (Wildman–Crippen LogP) is 1.95. The molecule has 0 N–H and O–H groups in total. The molecule has 0 amide bonds. The number of hydrogen-bond donors (Lipinski definition) is 0.